The van der Waals surface area contributed by atoms with E-state index >= 15 is 0 Å². The van der Waals surface area contributed by atoms with Gasteiger partial charge in [0.1, 0.15) is 5.82 Å². The monoisotopic (exact) mass is 290 g/mol. The quantitative estimate of drug-likeness (QED) is 0.823. The van der Waals surface area contributed by atoms with Gasteiger partial charge in [-0.25, -0.2) is 4.39 Å². The van der Waals surface area contributed by atoms with E-state index < -0.39 is 35.1 Å². The van der Waals surface area contributed by atoms with E-state index in [1.54, 1.807) is 0 Å². The minimum atomic E-state index is -4.59. The molecule has 0 aliphatic heterocycles. The summed E-state index contributed by atoms with van der Waals surface area (Å²) in [5.74, 6) is -1.92. The number of nitrogens with two attached hydrogens (primary N) is 1. The first-order valence-corrected chi connectivity index (χ1v) is 6.22. The zero-order chi connectivity index (χ0) is 14.9. The van der Waals surface area contributed by atoms with Crippen LogP contribution in [0, 0.1) is 11.7 Å². The largest absolute Gasteiger partial charge is 0.416 e. The highest BCUT2D eigenvalue weighted by Gasteiger charge is 2.33. The highest BCUT2D eigenvalue weighted by atomic mass is 19.4. The lowest BCUT2D eigenvalue weighted by Crippen LogP contribution is -2.34. The SMILES string of the molecule is NC1CCCC1C(=O)Nc1cc(C(F)(F)F)ccc1F. The second-order valence-electron chi connectivity index (χ2n) is 4.88. The molecule has 0 bridgehead atoms. The van der Waals surface area contributed by atoms with Crippen molar-refractivity contribution in [1.82, 2.24) is 0 Å². The smallest absolute Gasteiger partial charge is 0.327 e. The summed E-state index contributed by atoms with van der Waals surface area (Å²) < 4.78 is 51.1. The molecule has 1 aliphatic carbocycles. The molecule has 20 heavy (non-hydrogen) atoms. The van der Waals surface area contributed by atoms with Crippen LogP contribution in [-0.2, 0) is 11.0 Å². The highest BCUT2D eigenvalue weighted by Crippen LogP contribution is 2.32. The fourth-order valence-electron chi connectivity index (χ4n) is 2.34. The average molecular weight is 290 g/mol. The van der Waals surface area contributed by atoms with Gasteiger partial charge in [0.15, 0.2) is 0 Å². The van der Waals surface area contributed by atoms with Gasteiger partial charge in [-0.3, -0.25) is 4.79 Å². The molecular formula is C13H14F4N2O. The van der Waals surface area contributed by atoms with Crippen molar-refractivity contribution in [2.45, 2.75) is 31.5 Å². The molecule has 0 saturated heterocycles. The molecule has 3 nitrogen and oxygen atoms in total. The van der Waals surface area contributed by atoms with Crippen LogP contribution in [0.4, 0.5) is 23.2 Å². The Kier molecular flexibility index (Phi) is 3.99. The first kappa shape index (κ1) is 14.8. The summed E-state index contributed by atoms with van der Waals surface area (Å²) in [5.41, 5.74) is 4.26. The molecular weight excluding hydrogens is 276 g/mol. The van der Waals surface area contributed by atoms with Gasteiger partial charge in [-0.1, -0.05) is 6.42 Å². The average Bonchev–Trinajstić information content (AvgIpc) is 2.77. The number of anilines is 1. The molecule has 1 aromatic rings. The van der Waals surface area contributed by atoms with E-state index in [4.69, 9.17) is 5.73 Å². The van der Waals surface area contributed by atoms with Gasteiger partial charge in [-0.2, -0.15) is 13.2 Å². The van der Waals surface area contributed by atoms with Crippen LogP contribution in [0.15, 0.2) is 18.2 Å². The van der Waals surface area contributed by atoms with Gasteiger partial charge in [-0.15, -0.1) is 0 Å². The Balaban J connectivity index is 2.18. The van der Waals surface area contributed by atoms with Crippen molar-refractivity contribution in [3.8, 4) is 0 Å². The fourth-order valence-corrected chi connectivity index (χ4v) is 2.34. The van der Waals surface area contributed by atoms with Gasteiger partial charge in [-0.05, 0) is 31.0 Å². The number of hydrogen-bond acceptors (Lipinski definition) is 2. The lowest BCUT2D eigenvalue weighted by molar-refractivity contribution is -0.137. The van der Waals surface area contributed by atoms with Gasteiger partial charge >= 0.3 is 6.18 Å². The van der Waals surface area contributed by atoms with E-state index in [2.05, 4.69) is 5.32 Å². The lowest BCUT2D eigenvalue weighted by atomic mass is 10.0. The minimum absolute atomic E-state index is 0.330. The molecule has 1 aliphatic rings. The molecule has 0 heterocycles. The van der Waals surface area contributed by atoms with Crippen LogP contribution < -0.4 is 11.1 Å². The van der Waals surface area contributed by atoms with Crippen molar-refractivity contribution >= 4 is 11.6 Å². The van der Waals surface area contributed by atoms with Gasteiger partial charge in [0, 0.05) is 6.04 Å². The molecule has 1 fully saturated rings. The van der Waals surface area contributed by atoms with Crippen molar-refractivity contribution < 1.29 is 22.4 Å². The van der Waals surface area contributed by atoms with Gasteiger partial charge < -0.3 is 11.1 Å². The van der Waals surface area contributed by atoms with Gasteiger partial charge in [0.2, 0.25) is 5.91 Å². The van der Waals surface area contributed by atoms with Crippen molar-refractivity contribution in [3.05, 3.63) is 29.6 Å². The van der Waals surface area contributed by atoms with Crippen molar-refractivity contribution in [2.24, 2.45) is 11.7 Å². The number of benzene rings is 1. The third-order valence-electron chi connectivity index (χ3n) is 3.46. The molecule has 0 aromatic heterocycles. The summed E-state index contributed by atoms with van der Waals surface area (Å²) in [6.07, 6.45) is -2.56. The molecule has 1 saturated carbocycles. The van der Waals surface area contributed by atoms with E-state index in [9.17, 15) is 22.4 Å². The standard InChI is InChI=1S/C13H14F4N2O/c14-9-5-4-7(13(15,16)17)6-11(9)19-12(20)8-2-1-3-10(8)18/h4-6,8,10H,1-3,18H2,(H,19,20). The summed E-state index contributed by atoms with van der Waals surface area (Å²) >= 11 is 0. The Morgan fingerprint density at radius 3 is 2.55 bits per heavy atom. The Labute approximate surface area is 113 Å². The minimum Gasteiger partial charge on any atom is -0.327 e. The van der Waals surface area contributed by atoms with Crippen LogP contribution >= 0.6 is 0 Å². The third-order valence-corrected chi connectivity index (χ3v) is 3.46. The van der Waals surface area contributed by atoms with E-state index in [1.165, 1.54) is 0 Å². The van der Waals surface area contributed by atoms with Crippen LogP contribution in [0.2, 0.25) is 0 Å². The van der Waals surface area contributed by atoms with E-state index in [0.717, 1.165) is 6.42 Å². The molecule has 0 spiro atoms. The molecule has 1 amide bonds. The normalized spacial score (nSPS) is 22.9. The number of amides is 1. The van der Waals surface area contributed by atoms with Crippen molar-refractivity contribution in [2.75, 3.05) is 5.32 Å². The zero-order valence-electron chi connectivity index (χ0n) is 10.5. The topological polar surface area (TPSA) is 55.1 Å². The first-order chi connectivity index (χ1) is 9.29. The van der Waals surface area contributed by atoms with Gasteiger partial charge in [0.05, 0.1) is 17.2 Å². The highest BCUT2D eigenvalue weighted by molar-refractivity contribution is 5.93. The maximum absolute atomic E-state index is 13.5. The number of carbonyl (C=O) groups is 1. The lowest BCUT2D eigenvalue weighted by Gasteiger charge is -2.16. The Hall–Kier alpha value is -1.63. The molecule has 1 aromatic carbocycles. The molecule has 7 heteroatoms. The Bertz CT molecular complexity index is 516. The number of halogens is 4. The van der Waals surface area contributed by atoms with Gasteiger partial charge in [0.25, 0.3) is 0 Å². The predicted molar refractivity (Wildman–Crippen MR) is 65.3 cm³/mol. The second-order valence-corrected chi connectivity index (χ2v) is 4.88. The summed E-state index contributed by atoms with van der Waals surface area (Å²) in [6.45, 7) is 0. The molecule has 3 N–H and O–H groups in total. The summed E-state index contributed by atoms with van der Waals surface area (Å²) in [4.78, 5) is 11.9. The number of carbonyl (C=O) groups excluding carboxylic acids is 1. The fraction of sp³-hybridized carbons (Fsp3) is 0.462. The maximum atomic E-state index is 13.5. The van der Waals surface area contributed by atoms with Crippen LogP contribution in [-0.4, -0.2) is 11.9 Å². The molecule has 2 rings (SSSR count). The molecule has 0 radical (unpaired) electrons. The summed E-state index contributed by atoms with van der Waals surface area (Å²) in [6, 6.07) is 1.58. The maximum Gasteiger partial charge on any atom is 0.416 e. The number of rotatable bonds is 2. The summed E-state index contributed by atoms with van der Waals surface area (Å²) in [5, 5.41) is 2.20. The van der Waals surface area contributed by atoms with E-state index in [1.807, 2.05) is 0 Å². The van der Waals surface area contributed by atoms with Crippen LogP contribution in [0.5, 0.6) is 0 Å². The number of nitrogens with one attached hydrogen (secondary N) is 1. The Morgan fingerprint density at radius 1 is 1.30 bits per heavy atom. The Morgan fingerprint density at radius 2 is 2.00 bits per heavy atom. The van der Waals surface area contributed by atoms with Crippen LogP contribution in [0.25, 0.3) is 0 Å². The zero-order valence-corrected chi connectivity index (χ0v) is 10.5. The summed E-state index contributed by atoms with van der Waals surface area (Å²) in [7, 11) is 0. The van der Waals surface area contributed by atoms with Crippen molar-refractivity contribution in [1.29, 1.82) is 0 Å². The number of hydrogen-bond donors (Lipinski definition) is 2. The van der Waals surface area contributed by atoms with Crippen LogP contribution in [0.3, 0.4) is 0 Å². The first-order valence-electron chi connectivity index (χ1n) is 6.22. The molecule has 2 atom stereocenters. The second kappa shape index (κ2) is 5.40. The van der Waals surface area contributed by atoms with E-state index in [0.29, 0.717) is 31.0 Å². The van der Waals surface area contributed by atoms with Crippen molar-refractivity contribution in [3.63, 3.8) is 0 Å². The third kappa shape index (κ3) is 3.09. The van der Waals surface area contributed by atoms with Crippen LogP contribution in [0.1, 0.15) is 24.8 Å². The van der Waals surface area contributed by atoms with E-state index in [-0.39, 0.29) is 6.04 Å². The molecule has 110 valence electrons. The number of alkyl halides is 3. The molecule has 2 unspecified atom stereocenters. The predicted octanol–water partition coefficient (Wildman–Crippen LogP) is 2.91.